The van der Waals surface area contributed by atoms with Crippen molar-refractivity contribution in [3.8, 4) is 5.75 Å². The van der Waals surface area contributed by atoms with E-state index in [1.807, 2.05) is 0 Å². The number of fused-ring (bicyclic) bond motifs is 1. The van der Waals surface area contributed by atoms with Crippen molar-refractivity contribution in [2.24, 2.45) is 0 Å². The van der Waals surface area contributed by atoms with Gasteiger partial charge in [0.05, 0.1) is 11.4 Å². The summed E-state index contributed by atoms with van der Waals surface area (Å²) in [5, 5.41) is 2.56. The zero-order valence-corrected chi connectivity index (χ0v) is 14.3. The Morgan fingerprint density at radius 3 is 2.64 bits per heavy atom. The van der Waals surface area contributed by atoms with Gasteiger partial charge in [0.1, 0.15) is 4.90 Å². The van der Waals surface area contributed by atoms with Crippen LogP contribution in [0.5, 0.6) is 5.75 Å². The Bertz CT molecular complexity index is 996. The highest BCUT2D eigenvalue weighted by Gasteiger charge is 2.30. The fraction of sp³-hybridized carbons (Fsp3) is 0.133. The quantitative estimate of drug-likeness (QED) is 0.846. The molecule has 3 rings (SSSR count). The molecule has 0 bridgehead atoms. The molecule has 10 heteroatoms. The summed E-state index contributed by atoms with van der Waals surface area (Å²) in [6.07, 6.45) is 0. The van der Waals surface area contributed by atoms with Gasteiger partial charge in [-0.2, -0.15) is 0 Å². The molecule has 1 amide bonds. The summed E-state index contributed by atoms with van der Waals surface area (Å²) in [7, 11) is -4.25. The molecule has 0 saturated carbocycles. The van der Waals surface area contributed by atoms with E-state index in [9.17, 15) is 22.0 Å². The van der Waals surface area contributed by atoms with Gasteiger partial charge < -0.3 is 10.1 Å². The largest absolute Gasteiger partial charge is 0.480 e. The minimum atomic E-state index is -4.25. The van der Waals surface area contributed by atoms with E-state index < -0.39 is 27.6 Å². The Kier molecular flexibility index (Phi) is 4.29. The SMILES string of the molecule is Cc1c(Cl)cc2c(c1S(=O)(=O)Nc1ccc(F)c(F)c1)OCC(=O)N2. The van der Waals surface area contributed by atoms with Crippen LogP contribution in [-0.4, -0.2) is 20.9 Å². The zero-order valence-electron chi connectivity index (χ0n) is 12.7. The monoisotopic (exact) mass is 388 g/mol. The van der Waals surface area contributed by atoms with E-state index in [4.69, 9.17) is 16.3 Å². The molecule has 0 aromatic heterocycles. The Hall–Kier alpha value is -2.39. The van der Waals surface area contributed by atoms with Crippen molar-refractivity contribution in [3.05, 3.63) is 46.5 Å². The lowest BCUT2D eigenvalue weighted by atomic mass is 10.2. The average Bonchev–Trinajstić information content (AvgIpc) is 2.52. The predicted octanol–water partition coefficient (Wildman–Crippen LogP) is 3.06. The average molecular weight is 389 g/mol. The van der Waals surface area contributed by atoms with Crippen molar-refractivity contribution < 1.29 is 26.7 Å². The van der Waals surface area contributed by atoms with Gasteiger partial charge in [0.15, 0.2) is 24.0 Å². The van der Waals surface area contributed by atoms with E-state index in [-0.39, 0.29) is 39.2 Å². The number of nitrogens with one attached hydrogen (secondary N) is 2. The van der Waals surface area contributed by atoms with E-state index in [2.05, 4.69) is 10.0 Å². The Labute approximate surface area is 146 Å². The van der Waals surface area contributed by atoms with Crippen LogP contribution >= 0.6 is 11.6 Å². The number of rotatable bonds is 3. The third-order valence-corrected chi connectivity index (χ3v) is 5.41. The number of ether oxygens (including phenoxy) is 1. The van der Waals surface area contributed by atoms with Gasteiger partial charge in [-0.3, -0.25) is 9.52 Å². The molecule has 0 radical (unpaired) electrons. The molecular formula is C15H11ClF2N2O4S. The first kappa shape index (κ1) is 17.4. The zero-order chi connectivity index (χ0) is 18.4. The number of carbonyl (C=O) groups excluding carboxylic acids is 1. The van der Waals surface area contributed by atoms with Gasteiger partial charge in [0.2, 0.25) is 0 Å². The second-order valence-electron chi connectivity index (χ2n) is 5.26. The summed E-state index contributed by atoms with van der Waals surface area (Å²) in [6, 6.07) is 3.96. The molecule has 0 fully saturated rings. The van der Waals surface area contributed by atoms with E-state index >= 15 is 0 Å². The van der Waals surface area contributed by atoms with E-state index in [0.717, 1.165) is 12.1 Å². The van der Waals surface area contributed by atoms with Crippen molar-refractivity contribution >= 4 is 38.9 Å². The van der Waals surface area contributed by atoms with Crippen LogP contribution in [0.3, 0.4) is 0 Å². The van der Waals surface area contributed by atoms with Gasteiger partial charge in [0.25, 0.3) is 15.9 Å². The maximum Gasteiger partial charge on any atom is 0.265 e. The summed E-state index contributed by atoms with van der Waals surface area (Å²) < 4.78 is 59.2. The molecule has 25 heavy (non-hydrogen) atoms. The topological polar surface area (TPSA) is 84.5 Å². The van der Waals surface area contributed by atoms with Crippen molar-refractivity contribution in [2.45, 2.75) is 11.8 Å². The second kappa shape index (κ2) is 6.16. The van der Waals surface area contributed by atoms with Gasteiger partial charge >= 0.3 is 0 Å². The molecule has 1 heterocycles. The molecule has 0 aliphatic carbocycles. The normalized spacial score (nSPS) is 13.7. The molecule has 2 N–H and O–H groups in total. The maximum absolute atomic E-state index is 13.3. The summed E-state index contributed by atoms with van der Waals surface area (Å²) in [4.78, 5) is 11.1. The van der Waals surface area contributed by atoms with Crippen LogP contribution in [0.2, 0.25) is 5.02 Å². The van der Waals surface area contributed by atoms with Crippen molar-refractivity contribution in [1.29, 1.82) is 0 Å². The predicted molar refractivity (Wildman–Crippen MR) is 87.5 cm³/mol. The molecule has 0 saturated heterocycles. The maximum atomic E-state index is 13.3. The number of halogens is 3. The van der Waals surface area contributed by atoms with Crippen LogP contribution in [0.25, 0.3) is 0 Å². The van der Waals surface area contributed by atoms with E-state index in [1.165, 1.54) is 13.0 Å². The standard InChI is InChI=1S/C15H11ClF2N2O4S/c1-7-9(16)5-12-14(24-6-13(21)19-12)15(7)25(22,23)20-8-2-3-10(17)11(18)4-8/h2-5,20H,6H2,1H3,(H,19,21). The second-order valence-corrected chi connectivity index (χ2v) is 7.29. The smallest absolute Gasteiger partial charge is 0.265 e. The van der Waals surface area contributed by atoms with Gasteiger partial charge in [-0.05, 0) is 30.7 Å². The molecule has 0 unspecified atom stereocenters. The van der Waals surface area contributed by atoms with Crippen LogP contribution < -0.4 is 14.8 Å². The highest BCUT2D eigenvalue weighted by molar-refractivity contribution is 7.92. The molecule has 0 spiro atoms. The molecule has 132 valence electrons. The van der Waals surface area contributed by atoms with Crippen molar-refractivity contribution in [1.82, 2.24) is 0 Å². The Morgan fingerprint density at radius 1 is 1.24 bits per heavy atom. The van der Waals surface area contributed by atoms with Crippen LogP contribution in [0.15, 0.2) is 29.2 Å². The Balaban J connectivity index is 2.10. The Morgan fingerprint density at radius 2 is 1.96 bits per heavy atom. The number of benzene rings is 2. The molecular weight excluding hydrogens is 378 g/mol. The van der Waals surface area contributed by atoms with Crippen LogP contribution in [0.1, 0.15) is 5.56 Å². The first-order valence-corrected chi connectivity index (χ1v) is 8.79. The minimum Gasteiger partial charge on any atom is -0.480 e. The lowest BCUT2D eigenvalue weighted by Crippen LogP contribution is -2.27. The fourth-order valence-corrected chi connectivity index (χ4v) is 4.08. The lowest BCUT2D eigenvalue weighted by molar-refractivity contribution is -0.118. The molecule has 0 atom stereocenters. The number of hydrogen-bond acceptors (Lipinski definition) is 4. The highest BCUT2D eigenvalue weighted by Crippen LogP contribution is 2.41. The number of hydrogen-bond donors (Lipinski definition) is 2. The number of amides is 1. The molecule has 2 aromatic carbocycles. The molecule has 2 aromatic rings. The fourth-order valence-electron chi connectivity index (χ4n) is 2.35. The van der Waals surface area contributed by atoms with Gasteiger partial charge in [0, 0.05) is 11.1 Å². The first-order valence-electron chi connectivity index (χ1n) is 6.92. The third kappa shape index (κ3) is 3.24. The van der Waals surface area contributed by atoms with E-state index in [0.29, 0.717) is 6.07 Å². The lowest BCUT2D eigenvalue weighted by Gasteiger charge is -2.23. The van der Waals surface area contributed by atoms with E-state index in [1.54, 1.807) is 0 Å². The van der Waals surface area contributed by atoms with Crippen LogP contribution in [-0.2, 0) is 14.8 Å². The number of anilines is 2. The van der Waals surface area contributed by atoms with Gasteiger partial charge in [-0.1, -0.05) is 11.6 Å². The summed E-state index contributed by atoms with van der Waals surface area (Å²) >= 11 is 6.04. The van der Waals surface area contributed by atoms with Crippen molar-refractivity contribution in [2.75, 3.05) is 16.6 Å². The van der Waals surface area contributed by atoms with Gasteiger partial charge in [-0.15, -0.1) is 0 Å². The number of sulfonamides is 1. The highest BCUT2D eigenvalue weighted by atomic mass is 35.5. The summed E-state index contributed by atoms with van der Waals surface area (Å²) in [5.41, 5.74) is 0.121. The third-order valence-electron chi connectivity index (χ3n) is 3.48. The van der Waals surface area contributed by atoms with Crippen molar-refractivity contribution in [3.63, 3.8) is 0 Å². The summed E-state index contributed by atoms with van der Waals surface area (Å²) in [5.74, 6) is -2.83. The van der Waals surface area contributed by atoms with Crippen LogP contribution in [0.4, 0.5) is 20.2 Å². The van der Waals surface area contributed by atoms with Crippen LogP contribution in [0, 0.1) is 18.6 Å². The molecule has 1 aliphatic heterocycles. The number of carbonyl (C=O) groups is 1. The first-order chi connectivity index (χ1) is 11.7. The molecule has 1 aliphatic rings. The minimum absolute atomic E-state index is 0.0726. The summed E-state index contributed by atoms with van der Waals surface area (Å²) in [6.45, 7) is 1.10. The molecule has 6 nitrogen and oxygen atoms in total. The van der Waals surface area contributed by atoms with Gasteiger partial charge in [-0.25, -0.2) is 17.2 Å².